The standard InChI is InChI=1S/C25H24N2O4S/c1-14-6-7-18(10-15(14)2)22-16(3)32-24-23(22)25(29)27(13-26-24)12-19(28)17-8-9-20(30-4)21(11-17)31-5/h6-11,13H,12H2,1-5H3. The van der Waals surface area contributed by atoms with E-state index in [0.717, 1.165) is 21.6 Å². The SMILES string of the molecule is COc1ccc(C(=O)Cn2cnc3sc(C)c(-c4ccc(C)c(C)c4)c3c2=O)cc1OC. The number of hydrogen-bond acceptors (Lipinski definition) is 6. The molecule has 164 valence electrons. The molecule has 32 heavy (non-hydrogen) atoms. The summed E-state index contributed by atoms with van der Waals surface area (Å²) in [5.74, 6) is 0.787. The van der Waals surface area contributed by atoms with E-state index in [1.807, 2.05) is 13.0 Å². The number of carbonyl (C=O) groups excluding carboxylic acids is 1. The van der Waals surface area contributed by atoms with E-state index in [9.17, 15) is 9.59 Å². The molecule has 0 saturated carbocycles. The van der Waals surface area contributed by atoms with Crippen molar-refractivity contribution in [2.24, 2.45) is 0 Å². The summed E-state index contributed by atoms with van der Waals surface area (Å²) in [6.07, 6.45) is 1.45. The Morgan fingerprint density at radius 1 is 1.00 bits per heavy atom. The maximum atomic E-state index is 13.4. The number of Topliss-reactive ketones (excluding diaryl/α,β-unsaturated/α-hetero) is 1. The third-order valence-corrected chi connectivity index (χ3v) is 6.68. The number of hydrogen-bond donors (Lipinski definition) is 0. The number of aryl methyl sites for hydroxylation is 3. The second-order valence-corrected chi connectivity index (χ2v) is 8.89. The Labute approximate surface area is 190 Å². The van der Waals surface area contributed by atoms with Gasteiger partial charge in [-0.1, -0.05) is 18.2 Å². The Balaban J connectivity index is 1.76. The number of fused-ring (bicyclic) bond motifs is 1. The Kier molecular flexibility index (Phi) is 5.84. The topological polar surface area (TPSA) is 70.4 Å². The lowest BCUT2D eigenvalue weighted by molar-refractivity contribution is 0.0970. The molecule has 0 radical (unpaired) electrons. The van der Waals surface area contributed by atoms with Gasteiger partial charge in [0.1, 0.15) is 4.83 Å². The van der Waals surface area contributed by atoms with E-state index in [4.69, 9.17) is 9.47 Å². The molecule has 2 aromatic carbocycles. The van der Waals surface area contributed by atoms with E-state index >= 15 is 0 Å². The lowest BCUT2D eigenvalue weighted by atomic mass is 9.99. The molecule has 2 heterocycles. The minimum Gasteiger partial charge on any atom is -0.493 e. The minimum atomic E-state index is -0.221. The highest BCUT2D eigenvalue weighted by Crippen LogP contribution is 2.36. The van der Waals surface area contributed by atoms with Crippen molar-refractivity contribution in [3.63, 3.8) is 0 Å². The second kappa shape index (κ2) is 8.59. The number of thiophene rings is 1. The number of aromatic nitrogens is 2. The van der Waals surface area contributed by atoms with Crippen LogP contribution in [0.1, 0.15) is 26.4 Å². The van der Waals surface area contributed by atoms with Crippen LogP contribution in [0.15, 0.2) is 47.5 Å². The average Bonchev–Trinajstić information content (AvgIpc) is 3.13. The van der Waals surface area contributed by atoms with Crippen LogP contribution in [-0.4, -0.2) is 29.6 Å². The quantitative estimate of drug-likeness (QED) is 0.390. The average molecular weight is 449 g/mol. The van der Waals surface area contributed by atoms with E-state index in [1.165, 1.54) is 42.0 Å². The van der Waals surface area contributed by atoms with E-state index in [-0.39, 0.29) is 17.9 Å². The molecule has 0 saturated heterocycles. The number of methoxy groups -OCH3 is 2. The lowest BCUT2D eigenvalue weighted by Crippen LogP contribution is -2.24. The molecule has 4 aromatic rings. The molecule has 0 aliphatic carbocycles. The molecule has 0 amide bonds. The predicted molar refractivity (Wildman–Crippen MR) is 127 cm³/mol. The summed E-state index contributed by atoms with van der Waals surface area (Å²) >= 11 is 1.49. The summed E-state index contributed by atoms with van der Waals surface area (Å²) in [5, 5.41) is 0.554. The lowest BCUT2D eigenvalue weighted by Gasteiger charge is -2.10. The zero-order valence-electron chi connectivity index (χ0n) is 18.7. The molecule has 0 unspecified atom stereocenters. The molecule has 0 bridgehead atoms. The van der Waals surface area contributed by atoms with Gasteiger partial charge in [-0.15, -0.1) is 11.3 Å². The van der Waals surface area contributed by atoms with Crippen LogP contribution in [0.2, 0.25) is 0 Å². The smallest absolute Gasteiger partial charge is 0.263 e. The van der Waals surface area contributed by atoms with Crippen molar-refractivity contribution < 1.29 is 14.3 Å². The van der Waals surface area contributed by atoms with Gasteiger partial charge in [0.25, 0.3) is 5.56 Å². The summed E-state index contributed by atoms with van der Waals surface area (Å²) in [4.78, 5) is 32.5. The van der Waals surface area contributed by atoms with E-state index < -0.39 is 0 Å². The number of nitrogens with zero attached hydrogens (tertiary/aromatic N) is 2. The fraction of sp³-hybridized carbons (Fsp3) is 0.240. The molecule has 2 aromatic heterocycles. The predicted octanol–water partition coefficient (Wildman–Crippen LogP) is 4.95. The van der Waals surface area contributed by atoms with Crippen molar-refractivity contribution in [3.8, 4) is 22.6 Å². The van der Waals surface area contributed by atoms with Gasteiger partial charge < -0.3 is 9.47 Å². The van der Waals surface area contributed by atoms with Gasteiger partial charge >= 0.3 is 0 Å². The van der Waals surface area contributed by atoms with Crippen LogP contribution in [0.5, 0.6) is 11.5 Å². The third-order valence-electron chi connectivity index (χ3n) is 5.67. The third kappa shape index (κ3) is 3.80. The first kappa shape index (κ1) is 21.8. The van der Waals surface area contributed by atoms with Gasteiger partial charge in [0.05, 0.1) is 32.5 Å². The zero-order valence-corrected chi connectivity index (χ0v) is 19.5. The minimum absolute atomic E-state index is 0.113. The molecule has 0 N–H and O–H groups in total. The molecule has 0 aliphatic heterocycles. The molecule has 6 nitrogen and oxygen atoms in total. The van der Waals surface area contributed by atoms with E-state index in [1.54, 1.807) is 18.2 Å². The van der Waals surface area contributed by atoms with Crippen LogP contribution in [-0.2, 0) is 6.54 Å². The number of benzene rings is 2. The van der Waals surface area contributed by atoms with Gasteiger partial charge in [-0.05, 0) is 55.7 Å². The Bertz CT molecular complexity index is 1400. The highest BCUT2D eigenvalue weighted by Gasteiger charge is 2.19. The van der Waals surface area contributed by atoms with Crippen LogP contribution in [0, 0.1) is 20.8 Å². The first-order valence-corrected chi connectivity index (χ1v) is 11.0. The number of ketones is 1. The molecule has 0 atom stereocenters. The van der Waals surface area contributed by atoms with Crippen molar-refractivity contribution in [3.05, 3.63) is 74.6 Å². The van der Waals surface area contributed by atoms with Gasteiger partial charge in [-0.25, -0.2) is 4.98 Å². The van der Waals surface area contributed by atoms with Gasteiger partial charge in [-0.3, -0.25) is 14.2 Å². The fourth-order valence-corrected chi connectivity index (χ4v) is 4.75. The van der Waals surface area contributed by atoms with Gasteiger partial charge in [0.15, 0.2) is 17.3 Å². The summed E-state index contributed by atoms with van der Waals surface area (Å²) in [6.45, 7) is 6.00. The van der Waals surface area contributed by atoms with Crippen molar-refractivity contribution in [1.29, 1.82) is 0 Å². The van der Waals surface area contributed by atoms with Crippen LogP contribution in [0.3, 0.4) is 0 Å². The first-order chi connectivity index (χ1) is 15.3. The Morgan fingerprint density at radius 3 is 2.44 bits per heavy atom. The Hall–Kier alpha value is -3.45. The van der Waals surface area contributed by atoms with Crippen molar-refractivity contribution in [2.75, 3.05) is 14.2 Å². The van der Waals surface area contributed by atoms with Gasteiger partial charge in [0.2, 0.25) is 0 Å². The molecular formula is C25H24N2O4S. The van der Waals surface area contributed by atoms with Crippen molar-refractivity contribution in [2.45, 2.75) is 27.3 Å². The molecule has 7 heteroatoms. The monoisotopic (exact) mass is 448 g/mol. The van der Waals surface area contributed by atoms with E-state index in [0.29, 0.717) is 27.3 Å². The maximum absolute atomic E-state index is 13.4. The highest BCUT2D eigenvalue weighted by atomic mass is 32.1. The van der Waals surface area contributed by atoms with Crippen molar-refractivity contribution >= 4 is 27.3 Å². The molecule has 0 aliphatic rings. The van der Waals surface area contributed by atoms with Gasteiger partial charge in [0, 0.05) is 16.0 Å². The molecule has 0 fully saturated rings. The van der Waals surface area contributed by atoms with Crippen LogP contribution < -0.4 is 15.0 Å². The van der Waals surface area contributed by atoms with Crippen LogP contribution in [0.4, 0.5) is 0 Å². The van der Waals surface area contributed by atoms with Crippen LogP contribution in [0.25, 0.3) is 21.3 Å². The number of rotatable bonds is 6. The Morgan fingerprint density at radius 2 is 1.75 bits per heavy atom. The normalized spacial score (nSPS) is 11.0. The van der Waals surface area contributed by atoms with Crippen LogP contribution >= 0.6 is 11.3 Å². The second-order valence-electron chi connectivity index (χ2n) is 7.68. The van der Waals surface area contributed by atoms with Crippen molar-refractivity contribution in [1.82, 2.24) is 9.55 Å². The number of carbonyl (C=O) groups is 1. The summed E-state index contributed by atoms with van der Waals surface area (Å²) in [6, 6.07) is 11.1. The largest absolute Gasteiger partial charge is 0.493 e. The summed E-state index contributed by atoms with van der Waals surface area (Å²) in [7, 11) is 3.05. The highest BCUT2D eigenvalue weighted by molar-refractivity contribution is 7.19. The molecular weight excluding hydrogens is 424 g/mol. The molecule has 0 spiro atoms. The fourth-order valence-electron chi connectivity index (χ4n) is 3.75. The summed E-state index contributed by atoms with van der Waals surface area (Å²) < 4.78 is 11.9. The van der Waals surface area contributed by atoms with E-state index in [2.05, 4.69) is 31.0 Å². The first-order valence-electron chi connectivity index (χ1n) is 10.2. The maximum Gasteiger partial charge on any atom is 0.263 e. The summed E-state index contributed by atoms with van der Waals surface area (Å²) in [5.41, 5.74) is 4.45. The van der Waals surface area contributed by atoms with Gasteiger partial charge in [-0.2, -0.15) is 0 Å². The zero-order chi connectivity index (χ0) is 23.0. The molecule has 4 rings (SSSR count). The number of ether oxygens (including phenoxy) is 2.